The van der Waals surface area contributed by atoms with E-state index in [1.807, 2.05) is 0 Å². The van der Waals surface area contributed by atoms with Crippen molar-refractivity contribution in [1.82, 2.24) is 4.90 Å². The molecule has 2 heterocycles. The zero-order chi connectivity index (χ0) is 19.0. The number of fused-ring (bicyclic) bond motifs is 3. The molecule has 1 fully saturated rings. The van der Waals surface area contributed by atoms with Crippen molar-refractivity contribution in [3.05, 3.63) is 58.9 Å². The summed E-state index contributed by atoms with van der Waals surface area (Å²) in [6.07, 6.45) is 0. The first-order valence-electron chi connectivity index (χ1n) is 8.82. The van der Waals surface area contributed by atoms with E-state index >= 15 is 0 Å². The molecule has 2 amide bonds. The van der Waals surface area contributed by atoms with Crippen LogP contribution in [-0.2, 0) is 4.74 Å². The van der Waals surface area contributed by atoms with Gasteiger partial charge in [-0.25, -0.2) is 9.18 Å². The van der Waals surface area contributed by atoms with Crippen LogP contribution in [0.4, 0.5) is 14.9 Å². The van der Waals surface area contributed by atoms with E-state index in [-0.39, 0.29) is 29.7 Å². The molecule has 0 unspecified atom stereocenters. The Morgan fingerprint density at radius 1 is 1.37 bits per heavy atom. The molecule has 2 aliphatic heterocycles. The predicted octanol–water partition coefficient (Wildman–Crippen LogP) is 4.34. The van der Waals surface area contributed by atoms with Crippen molar-refractivity contribution in [2.24, 2.45) is 11.8 Å². The molecule has 0 saturated carbocycles. The molecule has 5 nitrogen and oxygen atoms in total. The lowest BCUT2D eigenvalue weighted by Gasteiger charge is -2.34. The molecule has 0 radical (unpaired) electrons. The van der Waals surface area contributed by atoms with E-state index in [4.69, 9.17) is 21.1 Å². The molecule has 2 aromatic rings. The molecule has 0 aromatic heterocycles. The van der Waals surface area contributed by atoms with Crippen molar-refractivity contribution in [3.8, 4) is 5.75 Å². The van der Waals surface area contributed by atoms with E-state index in [2.05, 4.69) is 5.32 Å². The van der Waals surface area contributed by atoms with Crippen LogP contribution in [0.2, 0.25) is 5.02 Å². The number of hydrogen-bond acceptors (Lipinski definition) is 3. The van der Waals surface area contributed by atoms with Gasteiger partial charge in [0.05, 0.1) is 30.0 Å². The topological polar surface area (TPSA) is 50.8 Å². The lowest BCUT2D eigenvalue weighted by atomic mass is 9.85. The number of rotatable bonds is 3. The van der Waals surface area contributed by atoms with Gasteiger partial charge in [-0.1, -0.05) is 23.7 Å². The van der Waals surface area contributed by atoms with Gasteiger partial charge >= 0.3 is 6.03 Å². The van der Waals surface area contributed by atoms with E-state index in [1.165, 1.54) is 12.1 Å². The third-order valence-corrected chi connectivity index (χ3v) is 5.59. The number of ether oxygens (including phenoxy) is 2. The van der Waals surface area contributed by atoms with Gasteiger partial charge in [-0.05, 0) is 30.3 Å². The lowest BCUT2D eigenvalue weighted by molar-refractivity contribution is 0.100. The van der Waals surface area contributed by atoms with Crippen molar-refractivity contribution in [2.45, 2.75) is 6.04 Å². The number of nitrogens with one attached hydrogen (secondary N) is 1. The molecular formula is C20H20ClFN2O3. The molecule has 4 rings (SSSR count). The maximum atomic E-state index is 13.9. The maximum absolute atomic E-state index is 13.9. The van der Waals surface area contributed by atoms with Crippen LogP contribution in [0.5, 0.6) is 5.75 Å². The normalized spacial score (nSPS) is 23.4. The fraction of sp³-hybridized carbons (Fsp3) is 0.350. The highest BCUT2D eigenvalue weighted by Gasteiger charge is 2.48. The first-order valence-corrected chi connectivity index (χ1v) is 9.19. The molecule has 3 atom stereocenters. The summed E-state index contributed by atoms with van der Waals surface area (Å²) in [5.41, 5.74) is 1.24. The van der Waals surface area contributed by atoms with Crippen LogP contribution in [0.1, 0.15) is 11.6 Å². The van der Waals surface area contributed by atoms with Crippen LogP contribution in [0.3, 0.4) is 0 Å². The second-order valence-corrected chi connectivity index (χ2v) is 7.29. The van der Waals surface area contributed by atoms with E-state index in [0.29, 0.717) is 41.8 Å². The molecule has 1 N–H and O–H groups in total. The van der Waals surface area contributed by atoms with Gasteiger partial charge in [0.25, 0.3) is 0 Å². The monoisotopic (exact) mass is 390 g/mol. The standard InChI is InChI=1S/C20H20ClFN2O3/c1-26-10-12-9-24(20(25)23-17-5-3-2-4-16(17)21)19-14-8-13(22)6-7-18(14)27-11-15(12)19/h2-8,12,15,19H,9-11H2,1H3,(H,23,25)/t12-,15-,19-/m0/s1. The summed E-state index contributed by atoms with van der Waals surface area (Å²) in [4.78, 5) is 14.8. The highest BCUT2D eigenvalue weighted by atomic mass is 35.5. The highest BCUT2D eigenvalue weighted by Crippen LogP contribution is 2.47. The summed E-state index contributed by atoms with van der Waals surface area (Å²) in [7, 11) is 1.64. The number of likely N-dealkylation sites (tertiary alicyclic amines) is 1. The largest absolute Gasteiger partial charge is 0.493 e. The minimum atomic E-state index is -0.348. The van der Waals surface area contributed by atoms with Gasteiger partial charge in [-0.2, -0.15) is 0 Å². The number of carbonyl (C=O) groups is 1. The van der Waals surface area contributed by atoms with Gasteiger partial charge in [0.15, 0.2) is 0 Å². The Kier molecular flexibility index (Phi) is 4.93. The summed E-state index contributed by atoms with van der Waals surface area (Å²) in [6.45, 7) is 1.47. The first-order chi connectivity index (χ1) is 13.1. The summed E-state index contributed by atoms with van der Waals surface area (Å²) >= 11 is 6.17. The third-order valence-electron chi connectivity index (χ3n) is 5.26. The highest BCUT2D eigenvalue weighted by molar-refractivity contribution is 6.33. The summed E-state index contributed by atoms with van der Waals surface area (Å²) in [5.74, 6) is 0.413. The number of nitrogens with zero attached hydrogens (tertiary/aromatic N) is 1. The minimum absolute atomic E-state index is 0.0382. The number of halogens is 2. The van der Waals surface area contributed by atoms with Crippen molar-refractivity contribution in [2.75, 3.05) is 32.2 Å². The van der Waals surface area contributed by atoms with Gasteiger partial charge in [0.2, 0.25) is 0 Å². The van der Waals surface area contributed by atoms with Gasteiger partial charge in [-0.15, -0.1) is 0 Å². The maximum Gasteiger partial charge on any atom is 0.322 e. The van der Waals surface area contributed by atoms with Crippen LogP contribution in [-0.4, -0.2) is 37.8 Å². The van der Waals surface area contributed by atoms with Gasteiger partial charge in [0, 0.05) is 31.1 Å². The Bertz CT molecular complexity index is 863. The molecule has 2 aromatic carbocycles. The van der Waals surface area contributed by atoms with Gasteiger partial charge in [-0.3, -0.25) is 0 Å². The van der Waals surface area contributed by atoms with Gasteiger partial charge in [0.1, 0.15) is 11.6 Å². The molecule has 7 heteroatoms. The zero-order valence-electron chi connectivity index (χ0n) is 14.8. The number of para-hydroxylation sites is 1. The Labute approximate surface area is 162 Å². The molecule has 0 spiro atoms. The smallest absolute Gasteiger partial charge is 0.322 e. The molecule has 0 aliphatic carbocycles. The van der Waals surface area contributed by atoms with Crippen LogP contribution in [0, 0.1) is 17.7 Å². The number of benzene rings is 2. The molecule has 2 aliphatic rings. The number of anilines is 1. The van der Waals surface area contributed by atoms with Crippen LogP contribution >= 0.6 is 11.6 Å². The Hall–Kier alpha value is -2.31. The van der Waals surface area contributed by atoms with Crippen molar-refractivity contribution < 1.29 is 18.7 Å². The summed E-state index contributed by atoms with van der Waals surface area (Å²) < 4.78 is 25.1. The van der Waals surface area contributed by atoms with E-state index in [9.17, 15) is 9.18 Å². The quantitative estimate of drug-likeness (QED) is 0.848. The molecular weight excluding hydrogens is 371 g/mol. The SMILES string of the molecule is COC[C@@H]1CN(C(=O)Nc2ccccc2Cl)[C@H]2c3cc(F)ccc3OC[C@@H]12. The number of urea groups is 1. The van der Waals surface area contributed by atoms with Crippen LogP contribution in [0.25, 0.3) is 0 Å². The Morgan fingerprint density at radius 2 is 2.19 bits per heavy atom. The summed E-state index contributed by atoms with van der Waals surface area (Å²) in [5, 5.41) is 3.34. The summed E-state index contributed by atoms with van der Waals surface area (Å²) in [6, 6.07) is 11.0. The molecule has 1 saturated heterocycles. The average Bonchev–Trinajstić information content (AvgIpc) is 3.03. The Morgan fingerprint density at radius 3 is 2.96 bits per heavy atom. The molecule has 27 heavy (non-hydrogen) atoms. The van der Waals surface area contributed by atoms with Crippen molar-refractivity contribution >= 4 is 23.3 Å². The fourth-order valence-electron chi connectivity index (χ4n) is 4.03. The predicted molar refractivity (Wildman–Crippen MR) is 101 cm³/mol. The number of amides is 2. The number of methoxy groups -OCH3 is 1. The van der Waals surface area contributed by atoms with Gasteiger partial charge < -0.3 is 19.7 Å². The second kappa shape index (κ2) is 7.37. The molecule has 142 valence electrons. The van der Waals surface area contributed by atoms with Crippen LogP contribution < -0.4 is 10.1 Å². The minimum Gasteiger partial charge on any atom is -0.493 e. The average molecular weight is 391 g/mol. The second-order valence-electron chi connectivity index (χ2n) is 6.88. The Balaban J connectivity index is 1.67. The third kappa shape index (κ3) is 3.35. The van der Waals surface area contributed by atoms with E-state index in [0.717, 1.165) is 0 Å². The van der Waals surface area contributed by atoms with E-state index in [1.54, 1.807) is 42.3 Å². The number of carbonyl (C=O) groups excluding carboxylic acids is 1. The van der Waals surface area contributed by atoms with E-state index < -0.39 is 0 Å². The van der Waals surface area contributed by atoms with Crippen molar-refractivity contribution in [3.63, 3.8) is 0 Å². The molecule has 0 bridgehead atoms. The van der Waals surface area contributed by atoms with Crippen molar-refractivity contribution in [1.29, 1.82) is 0 Å². The fourth-order valence-corrected chi connectivity index (χ4v) is 4.22. The zero-order valence-corrected chi connectivity index (χ0v) is 15.6. The first kappa shape index (κ1) is 18.1. The lowest BCUT2D eigenvalue weighted by Crippen LogP contribution is -2.38. The number of hydrogen-bond donors (Lipinski definition) is 1. The van der Waals surface area contributed by atoms with Crippen LogP contribution in [0.15, 0.2) is 42.5 Å².